The Kier molecular flexibility index (Phi) is 3.77. The van der Waals surface area contributed by atoms with Gasteiger partial charge in [0.25, 0.3) is 0 Å². The van der Waals surface area contributed by atoms with Crippen LogP contribution in [0, 0.1) is 5.82 Å². The maximum atomic E-state index is 13.7. The number of hydrogen-bond donors (Lipinski definition) is 1. The Morgan fingerprint density at radius 2 is 1.85 bits per heavy atom. The van der Waals surface area contributed by atoms with Gasteiger partial charge in [0.05, 0.1) is 6.10 Å². The normalized spacial score (nSPS) is 16.1. The predicted octanol–water partition coefficient (Wildman–Crippen LogP) is 4.63. The lowest BCUT2D eigenvalue weighted by Gasteiger charge is -2.12. The van der Waals surface area contributed by atoms with Crippen molar-refractivity contribution >= 4 is 11.6 Å². The minimum Gasteiger partial charge on any atom is -0.388 e. The molecule has 0 amide bonds. The van der Waals surface area contributed by atoms with Crippen LogP contribution in [-0.2, 0) is 6.42 Å². The molecule has 0 aromatic heterocycles. The van der Waals surface area contributed by atoms with Gasteiger partial charge in [-0.3, -0.25) is 0 Å². The third-order valence-corrected chi connectivity index (χ3v) is 4.03. The molecule has 1 saturated carbocycles. The van der Waals surface area contributed by atoms with Gasteiger partial charge in [0.1, 0.15) is 5.82 Å². The summed E-state index contributed by atoms with van der Waals surface area (Å²) in [5.41, 5.74) is 2.63. The summed E-state index contributed by atoms with van der Waals surface area (Å²) in [7, 11) is 0. The highest BCUT2D eigenvalue weighted by Crippen LogP contribution is 2.40. The van der Waals surface area contributed by atoms with Crippen molar-refractivity contribution in [2.75, 3.05) is 0 Å². The number of rotatable bonds is 4. The first-order valence-corrected chi connectivity index (χ1v) is 7.23. The Hall–Kier alpha value is -1.38. The number of halogens is 2. The van der Waals surface area contributed by atoms with Crippen LogP contribution in [0.15, 0.2) is 42.5 Å². The average Bonchev–Trinajstić information content (AvgIpc) is 3.26. The number of hydrogen-bond acceptors (Lipinski definition) is 1. The van der Waals surface area contributed by atoms with Crippen LogP contribution in [-0.4, -0.2) is 5.11 Å². The van der Waals surface area contributed by atoms with E-state index in [9.17, 15) is 9.50 Å². The monoisotopic (exact) mass is 290 g/mol. The molecule has 1 aliphatic carbocycles. The lowest BCUT2D eigenvalue weighted by molar-refractivity contribution is 0.177. The summed E-state index contributed by atoms with van der Waals surface area (Å²) in [6, 6.07) is 12.5. The van der Waals surface area contributed by atoms with Gasteiger partial charge < -0.3 is 5.11 Å². The zero-order valence-corrected chi connectivity index (χ0v) is 11.8. The SMILES string of the molecule is OC(Cc1ccc(Cl)cc1F)c1ccc(C2CC2)cc1. The molecule has 1 fully saturated rings. The molecular weight excluding hydrogens is 275 g/mol. The lowest BCUT2D eigenvalue weighted by atomic mass is 9.99. The van der Waals surface area contributed by atoms with Crippen molar-refractivity contribution in [2.24, 2.45) is 0 Å². The van der Waals surface area contributed by atoms with Crippen LogP contribution in [0.2, 0.25) is 5.02 Å². The zero-order chi connectivity index (χ0) is 14.1. The minimum absolute atomic E-state index is 0.256. The summed E-state index contributed by atoms with van der Waals surface area (Å²) in [6.07, 6.45) is 2.08. The zero-order valence-electron chi connectivity index (χ0n) is 11.0. The first kappa shape index (κ1) is 13.6. The number of benzene rings is 2. The van der Waals surface area contributed by atoms with E-state index in [4.69, 9.17) is 11.6 Å². The van der Waals surface area contributed by atoms with Crippen LogP contribution >= 0.6 is 11.6 Å². The Bertz CT molecular complexity index is 605. The quantitative estimate of drug-likeness (QED) is 0.870. The summed E-state index contributed by atoms with van der Waals surface area (Å²) in [5, 5.41) is 10.6. The molecular formula is C17H16ClFO. The van der Waals surface area contributed by atoms with E-state index in [0.717, 1.165) is 5.56 Å². The van der Waals surface area contributed by atoms with Crippen LogP contribution in [0.25, 0.3) is 0 Å². The van der Waals surface area contributed by atoms with Crippen molar-refractivity contribution in [2.45, 2.75) is 31.3 Å². The second-order valence-corrected chi connectivity index (χ2v) is 5.83. The molecule has 0 bridgehead atoms. The molecule has 0 heterocycles. The molecule has 0 radical (unpaired) electrons. The Labute approximate surface area is 123 Å². The average molecular weight is 291 g/mol. The van der Waals surface area contributed by atoms with Crippen LogP contribution in [0.3, 0.4) is 0 Å². The number of aliphatic hydroxyl groups excluding tert-OH is 1. The first-order chi connectivity index (χ1) is 9.63. The molecule has 3 heteroatoms. The van der Waals surface area contributed by atoms with Gasteiger partial charge >= 0.3 is 0 Å². The first-order valence-electron chi connectivity index (χ1n) is 6.85. The predicted molar refractivity (Wildman–Crippen MR) is 78.5 cm³/mol. The standard InChI is InChI=1S/C17H16ClFO/c18-15-8-7-14(16(19)10-15)9-17(20)13-5-3-12(4-6-13)11-1-2-11/h3-8,10-11,17,20H,1-2,9H2. The topological polar surface area (TPSA) is 20.2 Å². The van der Waals surface area contributed by atoms with Gasteiger partial charge in [-0.25, -0.2) is 4.39 Å². The van der Waals surface area contributed by atoms with E-state index >= 15 is 0 Å². The van der Waals surface area contributed by atoms with Gasteiger partial charge in [-0.05, 0) is 47.6 Å². The third-order valence-electron chi connectivity index (χ3n) is 3.80. The molecule has 104 valence electrons. The minimum atomic E-state index is -0.695. The molecule has 2 aromatic carbocycles. The molecule has 0 aliphatic heterocycles. The summed E-state index contributed by atoms with van der Waals surface area (Å²) in [6.45, 7) is 0. The van der Waals surface area contributed by atoms with Crippen molar-refractivity contribution < 1.29 is 9.50 Å². The second-order valence-electron chi connectivity index (χ2n) is 5.40. The van der Waals surface area contributed by atoms with E-state index < -0.39 is 6.10 Å². The highest BCUT2D eigenvalue weighted by atomic mass is 35.5. The fourth-order valence-corrected chi connectivity index (χ4v) is 2.58. The molecule has 1 aliphatic rings. The van der Waals surface area contributed by atoms with Gasteiger partial charge in [-0.1, -0.05) is 41.9 Å². The maximum absolute atomic E-state index is 13.7. The van der Waals surface area contributed by atoms with E-state index in [2.05, 4.69) is 12.1 Å². The van der Waals surface area contributed by atoms with Crippen LogP contribution in [0.4, 0.5) is 4.39 Å². The molecule has 2 aromatic rings. The molecule has 3 rings (SSSR count). The second kappa shape index (κ2) is 5.55. The summed E-state index contributed by atoms with van der Waals surface area (Å²) >= 11 is 5.72. The van der Waals surface area contributed by atoms with Crippen molar-refractivity contribution in [3.05, 3.63) is 70.0 Å². The fraction of sp³-hybridized carbons (Fsp3) is 0.294. The van der Waals surface area contributed by atoms with Crippen molar-refractivity contribution in [3.8, 4) is 0 Å². The Balaban J connectivity index is 1.73. The summed E-state index contributed by atoms with van der Waals surface area (Å²) < 4.78 is 13.7. The Morgan fingerprint density at radius 1 is 1.15 bits per heavy atom. The Morgan fingerprint density at radius 3 is 2.45 bits per heavy atom. The van der Waals surface area contributed by atoms with Gasteiger partial charge in [0, 0.05) is 11.4 Å². The van der Waals surface area contributed by atoms with Crippen molar-refractivity contribution in [3.63, 3.8) is 0 Å². The molecule has 1 unspecified atom stereocenters. The highest BCUT2D eigenvalue weighted by Gasteiger charge is 2.23. The molecule has 1 nitrogen and oxygen atoms in total. The summed E-state index contributed by atoms with van der Waals surface area (Å²) in [4.78, 5) is 0. The fourth-order valence-electron chi connectivity index (χ4n) is 2.42. The lowest BCUT2D eigenvalue weighted by Crippen LogP contribution is -2.03. The van der Waals surface area contributed by atoms with Gasteiger partial charge in [0.15, 0.2) is 0 Å². The van der Waals surface area contributed by atoms with Crippen LogP contribution in [0.5, 0.6) is 0 Å². The van der Waals surface area contributed by atoms with E-state index in [0.29, 0.717) is 16.5 Å². The molecule has 0 spiro atoms. The van der Waals surface area contributed by atoms with Crippen LogP contribution < -0.4 is 0 Å². The summed E-state index contributed by atoms with van der Waals surface area (Å²) in [5.74, 6) is 0.334. The van der Waals surface area contributed by atoms with E-state index in [1.807, 2.05) is 12.1 Å². The van der Waals surface area contributed by atoms with Crippen molar-refractivity contribution in [1.29, 1.82) is 0 Å². The smallest absolute Gasteiger partial charge is 0.127 e. The molecule has 0 saturated heterocycles. The molecule has 1 N–H and O–H groups in total. The van der Waals surface area contributed by atoms with Crippen molar-refractivity contribution in [1.82, 2.24) is 0 Å². The van der Waals surface area contributed by atoms with Gasteiger partial charge in [0.2, 0.25) is 0 Å². The maximum Gasteiger partial charge on any atom is 0.127 e. The molecule has 20 heavy (non-hydrogen) atoms. The van der Waals surface area contributed by atoms with Crippen LogP contribution in [0.1, 0.15) is 41.6 Å². The third kappa shape index (κ3) is 3.02. The largest absolute Gasteiger partial charge is 0.388 e. The molecule has 1 atom stereocenters. The highest BCUT2D eigenvalue weighted by molar-refractivity contribution is 6.30. The van der Waals surface area contributed by atoms with Gasteiger partial charge in [-0.2, -0.15) is 0 Å². The van der Waals surface area contributed by atoms with E-state index in [-0.39, 0.29) is 12.2 Å². The van der Waals surface area contributed by atoms with E-state index in [1.165, 1.54) is 24.5 Å². The number of aliphatic hydroxyl groups is 1. The van der Waals surface area contributed by atoms with Gasteiger partial charge in [-0.15, -0.1) is 0 Å². The van der Waals surface area contributed by atoms with E-state index in [1.54, 1.807) is 12.1 Å².